The van der Waals surface area contributed by atoms with Gasteiger partial charge in [0.15, 0.2) is 0 Å². The number of halogens is 3. The van der Waals surface area contributed by atoms with Gasteiger partial charge in [-0.1, -0.05) is 0 Å². The molecule has 100 valence electrons. The second kappa shape index (κ2) is 5.07. The van der Waals surface area contributed by atoms with Crippen molar-refractivity contribution >= 4 is 18.0 Å². The first-order valence-electron chi connectivity index (χ1n) is 4.80. The van der Waals surface area contributed by atoms with Crippen molar-refractivity contribution < 1.29 is 22.8 Å². The van der Waals surface area contributed by atoms with Crippen molar-refractivity contribution in [3.8, 4) is 0 Å². The largest absolute Gasteiger partial charge is 0.408 e. The maximum absolute atomic E-state index is 12.3. The van der Waals surface area contributed by atoms with Gasteiger partial charge in [-0.2, -0.15) is 18.3 Å². The average Bonchev–Trinajstić information content (AvgIpc) is 2.59. The molecule has 0 unspecified atom stereocenters. The lowest BCUT2D eigenvalue weighted by molar-refractivity contribution is -0.142. The van der Waals surface area contributed by atoms with Crippen LogP contribution in [-0.4, -0.2) is 42.4 Å². The van der Waals surface area contributed by atoms with Gasteiger partial charge in [0.05, 0.1) is 11.9 Å². The van der Waals surface area contributed by atoms with Gasteiger partial charge in [-0.3, -0.25) is 14.9 Å². The van der Waals surface area contributed by atoms with E-state index in [-0.39, 0.29) is 17.8 Å². The van der Waals surface area contributed by atoms with Crippen molar-refractivity contribution in [2.24, 2.45) is 0 Å². The first-order valence-corrected chi connectivity index (χ1v) is 4.80. The molecule has 0 bridgehead atoms. The molecular formula is C9H11F3N4O2. The van der Waals surface area contributed by atoms with E-state index < -0.39 is 18.6 Å². The van der Waals surface area contributed by atoms with E-state index in [1.807, 2.05) is 0 Å². The van der Waals surface area contributed by atoms with Gasteiger partial charge in [0, 0.05) is 14.1 Å². The van der Waals surface area contributed by atoms with Crippen LogP contribution in [-0.2, 0) is 11.3 Å². The summed E-state index contributed by atoms with van der Waals surface area (Å²) in [6.07, 6.45) is -3.27. The summed E-state index contributed by atoms with van der Waals surface area (Å²) in [7, 11) is 3.10. The third kappa shape index (κ3) is 3.22. The highest BCUT2D eigenvalue weighted by Gasteiger charge is 2.32. The number of hydrogen-bond acceptors (Lipinski definition) is 4. The van der Waals surface area contributed by atoms with Crippen LogP contribution in [0.25, 0.3) is 0 Å². The molecule has 2 amide bonds. The standard InChI is InChI=1S/C9H11F3N4O2/c1-15(2)6-3-14-16(4-9(10,11)12)7(6)8(18)13-5-17/h3,5H,4H2,1-2H3,(H,13,17,18). The Hall–Kier alpha value is -2.06. The summed E-state index contributed by atoms with van der Waals surface area (Å²) in [4.78, 5) is 23.2. The molecule has 0 fully saturated rings. The van der Waals surface area contributed by atoms with E-state index in [0.717, 1.165) is 6.20 Å². The molecule has 0 aliphatic rings. The van der Waals surface area contributed by atoms with Crippen molar-refractivity contribution in [3.05, 3.63) is 11.9 Å². The van der Waals surface area contributed by atoms with E-state index >= 15 is 0 Å². The second-order valence-corrected chi connectivity index (χ2v) is 3.64. The van der Waals surface area contributed by atoms with Crippen LogP contribution in [0.4, 0.5) is 18.9 Å². The Morgan fingerprint density at radius 1 is 1.56 bits per heavy atom. The topological polar surface area (TPSA) is 67.2 Å². The van der Waals surface area contributed by atoms with Crippen LogP contribution in [0.2, 0.25) is 0 Å². The number of amides is 2. The third-order valence-electron chi connectivity index (χ3n) is 2.04. The lowest BCUT2D eigenvalue weighted by Crippen LogP contribution is -2.29. The summed E-state index contributed by atoms with van der Waals surface area (Å²) in [5, 5.41) is 5.30. The van der Waals surface area contributed by atoms with E-state index in [1.54, 1.807) is 19.4 Å². The molecule has 0 saturated heterocycles. The molecule has 9 heteroatoms. The first-order chi connectivity index (χ1) is 8.26. The maximum atomic E-state index is 12.3. The molecule has 1 rings (SSSR count). The smallest absolute Gasteiger partial charge is 0.374 e. The minimum Gasteiger partial charge on any atom is -0.374 e. The number of carbonyl (C=O) groups excluding carboxylic acids is 2. The lowest BCUT2D eigenvalue weighted by atomic mass is 10.3. The van der Waals surface area contributed by atoms with Crippen LogP contribution >= 0.6 is 0 Å². The number of aromatic nitrogens is 2. The van der Waals surface area contributed by atoms with Gasteiger partial charge in [-0.15, -0.1) is 0 Å². The highest BCUT2D eigenvalue weighted by molar-refractivity contribution is 6.02. The number of nitrogens with zero attached hydrogens (tertiary/aromatic N) is 3. The summed E-state index contributed by atoms with van der Waals surface area (Å²) in [5.41, 5.74) is -0.122. The van der Waals surface area contributed by atoms with Crippen molar-refractivity contribution in [1.29, 1.82) is 0 Å². The van der Waals surface area contributed by atoms with Crippen molar-refractivity contribution in [2.45, 2.75) is 12.7 Å². The molecule has 1 heterocycles. The number of rotatable bonds is 4. The van der Waals surface area contributed by atoms with Crippen LogP contribution in [0, 0.1) is 0 Å². The number of alkyl halides is 3. The molecule has 1 N–H and O–H groups in total. The van der Waals surface area contributed by atoms with Gasteiger partial charge in [0.25, 0.3) is 5.91 Å². The third-order valence-corrected chi connectivity index (χ3v) is 2.04. The molecule has 0 atom stereocenters. The molecular weight excluding hydrogens is 253 g/mol. The zero-order valence-electron chi connectivity index (χ0n) is 9.65. The van der Waals surface area contributed by atoms with E-state index in [9.17, 15) is 22.8 Å². The molecule has 1 aromatic heterocycles. The van der Waals surface area contributed by atoms with Crippen LogP contribution in [0.15, 0.2) is 6.20 Å². The van der Waals surface area contributed by atoms with Crippen molar-refractivity contribution in [1.82, 2.24) is 15.1 Å². The van der Waals surface area contributed by atoms with E-state index in [4.69, 9.17) is 0 Å². The van der Waals surface area contributed by atoms with Gasteiger partial charge in [-0.05, 0) is 0 Å². The Balaban J connectivity index is 3.19. The van der Waals surface area contributed by atoms with Crippen LogP contribution in [0.5, 0.6) is 0 Å². The van der Waals surface area contributed by atoms with Crippen LogP contribution in [0.1, 0.15) is 10.5 Å². The Bertz CT molecular complexity index is 453. The fraction of sp³-hybridized carbons (Fsp3) is 0.444. The van der Waals surface area contributed by atoms with Crippen LogP contribution < -0.4 is 10.2 Å². The van der Waals surface area contributed by atoms with Crippen molar-refractivity contribution in [3.63, 3.8) is 0 Å². The zero-order chi connectivity index (χ0) is 13.9. The lowest BCUT2D eigenvalue weighted by Gasteiger charge is -2.14. The highest BCUT2D eigenvalue weighted by Crippen LogP contribution is 2.23. The molecule has 0 spiro atoms. The quantitative estimate of drug-likeness (QED) is 0.799. The number of hydrogen-bond donors (Lipinski definition) is 1. The number of nitrogens with one attached hydrogen (secondary N) is 1. The van der Waals surface area contributed by atoms with E-state index in [2.05, 4.69) is 5.10 Å². The maximum Gasteiger partial charge on any atom is 0.408 e. The average molecular weight is 264 g/mol. The van der Waals surface area contributed by atoms with Crippen LogP contribution in [0.3, 0.4) is 0 Å². The fourth-order valence-corrected chi connectivity index (χ4v) is 1.35. The monoisotopic (exact) mass is 264 g/mol. The molecule has 0 aliphatic carbocycles. The number of anilines is 1. The predicted molar refractivity (Wildman–Crippen MR) is 56.1 cm³/mol. The van der Waals surface area contributed by atoms with E-state index in [1.165, 1.54) is 4.90 Å². The van der Waals surface area contributed by atoms with Gasteiger partial charge in [0.1, 0.15) is 12.2 Å². The number of imide groups is 1. The Labute approximate surface area is 100 Å². The van der Waals surface area contributed by atoms with Gasteiger partial charge in [-0.25, -0.2) is 4.68 Å². The molecule has 1 aromatic rings. The molecule has 0 aromatic carbocycles. The second-order valence-electron chi connectivity index (χ2n) is 3.64. The minimum atomic E-state index is -4.51. The highest BCUT2D eigenvalue weighted by atomic mass is 19.4. The summed E-state index contributed by atoms with van der Waals surface area (Å²) < 4.78 is 37.4. The van der Waals surface area contributed by atoms with Gasteiger partial charge >= 0.3 is 6.18 Å². The zero-order valence-corrected chi connectivity index (χ0v) is 9.65. The predicted octanol–water partition coefficient (Wildman–Crippen LogP) is 0.398. The summed E-state index contributed by atoms with van der Waals surface area (Å²) >= 11 is 0. The van der Waals surface area contributed by atoms with Gasteiger partial charge in [0.2, 0.25) is 6.41 Å². The Morgan fingerprint density at radius 2 is 2.17 bits per heavy atom. The Kier molecular flexibility index (Phi) is 3.94. The SMILES string of the molecule is CN(C)c1cnn(CC(F)(F)F)c1C(=O)NC=O. The number of carbonyl (C=O) groups is 2. The molecule has 0 radical (unpaired) electrons. The van der Waals surface area contributed by atoms with E-state index in [0.29, 0.717) is 4.68 Å². The minimum absolute atomic E-state index is 0.104. The molecule has 0 aliphatic heterocycles. The molecule has 6 nitrogen and oxygen atoms in total. The molecule has 0 saturated carbocycles. The van der Waals surface area contributed by atoms with Crippen molar-refractivity contribution in [2.75, 3.05) is 19.0 Å². The summed E-state index contributed by atoms with van der Waals surface area (Å²) in [6, 6.07) is 0. The Morgan fingerprint density at radius 3 is 2.61 bits per heavy atom. The summed E-state index contributed by atoms with van der Waals surface area (Å²) in [5.74, 6) is -0.935. The summed E-state index contributed by atoms with van der Waals surface area (Å²) in [6.45, 7) is -1.40. The normalized spacial score (nSPS) is 11.2. The molecule has 18 heavy (non-hydrogen) atoms. The first kappa shape index (κ1) is 14.0. The fourth-order valence-electron chi connectivity index (χ4n) is 1.35. The van der Waals surface area contributed by atoms with Gasteiger partial charge < -0.3 is 4.90 Å².